The number of benzene rings is 1. The summed E-state index contributed by atoms with van der Waals surface area (Å²) in [6, 6.07) is 6.47. The van der Waals surface area contributed by atoms with Crippen molar-refractivity contribution in [1.82, 2.24) is 5.73 Å². The van der Waals surface area contributed by atoms with Crippen molar-refractivity contribution in [1.29, 1.82) is 5.26 Å². The van der Waals surface area contributed by atoms with Crippen LogP contribution < -0.4 is 5.73 Å². The van der Waals surface area contributed by atoms with E-state index in [0.717, 1.165) is 0 Å². The topological polar surface area (TPSA) is 47.6 Å². The van der Waals surface area contributed by atoms with Crippen LogP contribution in [-0.2, 0) is 0 Å². The maximum Gasteiger partial charge on any atom is 0.0992 e. The summed E-state index contributed by atoms with van der Waals surface area (Å²) in [5, 5.41) is 8.70. The Kier molecular flexibility index (Phi) is 1.79. The van der Waals surface area contributed by atoms with Gasteiger partial charge in [-0.2, -0.15) is 5.26 Å². The standard InChI is InChI=1S/C7H4ClN2/c8-6-3-5(4-9)1-2-7(6)10/h1-3,10H. The van der Waals surface area contributed by atoms with E-state index in [9.17, 15) is 0 Å². The molecule has 2 nitrogen and oxygen atoms in total. The van der Waals surface area contributed by atoms with Crippen LogP contribution in [0.5, 0.6) is 0 Å². The fraction of sp³-hybridized carbons (Fsp3) is 0. The SMILES string of the molecule is N#Cc1ccc([NH])c(Cl)c1. The fourth-order valence-electron chi connectivity index (χ4n) is 0.585. The number of nitriles is 1. The van der Waals surface area contributed by atoms with Gasteiger partial charge in [0, 0.05) is 0 Å². The molecule has 1 aromatic rings. The lowest BCUT2D eigenvalue weighted by Gasteiger charge is -1.93. The molecule has 1 radical (unpaired) electrons. The van der Waals surface area contributed by atoms with Crippen LogP contribution in [0.25, 0.3) is 0 Å². The molecule has 1 rings (SSSR count). The summed E-state index contributed by atoms with van der Waals surface area (Å²) in [6.07, 6.45) is 0. The molecule has 0 aliphatic carbocycles. The highest BCUT2D eigenvalue weighted by Gasteiger charge is 1.96. The zero-order valence-electron chi connectivity index (χ0n) is 5.06. The smallest absolute Gasteiger partial charge is 0.0992 e. The monoisotopic (exact) mass is 151 g/mol. The van der Waals surface area contributed by atoms with Gasteiger partial charge in [0.2, 0.25) is 0 Å². The first kappa shape index (κ1) is 6.91. The summed E-state index contributed by atoms with van der Waals surface area (Å²) in [7, 11) is 0. The summed E-state index contributed by atoms with van der Waals surface area (Å²) in [6.45, 7) is 0. The largest absolute Gasteiger partial charge is 0.299 e. The van der Waals surface area contributed by atoms with E-state index in [-0.39, 0.29) is 5.69 Å². The predicted molar refractivity (Wildman–Crippen MR) is 38.9 cm³/mol. The van der Waals surface area contributed by atoms with Gasteiger partial charge in [-0.05, 0) is 18.2 Å². The number of nitrogens with one attached hydrogen (secondary N) is 1. The molecule has 0 amide bonds. The molecule has 49 valence electrons. The van der Waals surface area contributed by atoms with E-state index < -0.39 is 0 Å². The normalized spacial score (nSPS) is 8.80. The van der Waals surface area contributed by atoms with Crippen molar-refractivity contribution in [3.8, 4) is 6.07 Å². The van der Waals surface area contributed by atoms with Crippen molar-refractivity contribution in [2.45, 2.75) is 0 Å². The first-order valence-electron chi connectivity index (χ1n) is 2.65. The molecule has 1 N–H and O–H groups in total. The molecule has 0 aliphatic heterocycles. The van der Waals surface area contributed by atoms with Gasteiger partial charge in [-0.3, -0.25) is 5.73 Å². The van der Waals surface area contributed by atoms with Crippen LogP contribution in [0.15, 0.2) is 18.2 Å². The summed E-state index contributed by atoms with van der Waals surface area (Å²) < 4.78 is 0. The van der Waals surface area contributed by atoms with Gasteiger partial charge >= 0.3 is 0 Å². The second kappa shape index (κ2) is 2.59. The Morgan fingerprint density at radius 1 is 1.50 bits per heavy atom. The van der Waals surface area contributed by atoms with Crippen molar-refractivity contribution < 1.29 is 0 Å². The maximum atomic E-state index is 8.38. The molecular weight excluding hydrogens is 148 g/mol. The van der Waals surface area contributed by atoms with E-state index in [1.807, 2.05) is 6.07 Å². The highest BCUT2D eigenvalue weighted by atomic mass is 35.5. The minimum absolute atomic E-state index is 0.251. The van der Waals surface area contributed by atoms with E-state index in [1.165, 1.54) is 12.1 Å². The van der Waals surface area contributed by atoms with E-state index in [4.69, 9.17) is 22.6 Å². The summed E-state index contributed by atoms with van der Waals surface area (Å²) in [5.41, 5.74) is 7.89. The van der Waals surface area contributed by atoms with E-state index in [2.05, 4.69) is 0 Å². The molecule has 0 saturated carbocycles. The van der Waals surface area contributed by atoms with Crippen molar-refractivity contribution in [2.75, 3.05) is 0 Å². The van der Waals surface area contributed by atoms with Crippen LogP contribution in [0.2, 0.25) is 5.02 Å². The van der Waals surface area contributed by atoms with E-state index in [1.54, 1.807) is 6.07 Å². The second-order valence-electron chi connectivity index (χ2n) is 1.81. The van der Waals surface area contributed by atoms with Gasteiger partial charge in [0.25, 0.3) is 0 Å². The molecular formula is C7H4ClN2. The molecule has 0 spiro atoms. The van der Waals surface area contributed by atoms with Crippen molar-refractivity contribution in [2.24, 2.45) is 0 Å². The Bertz CT molecular complexity index is 288. The van der Waals surface area contributed by atoms with Crippen molar-refractivity contribution in [3.05, 3.63) is 28.8 Å². The van der Waals surface area contributed by atoms with E-state index >= 15 is 0 Å². The molecule has 0 atom stereocenters. The lowest BCUT2D eigenvalue weighted by atomic mass is 10.2. The Morgan fingerprint density at radius 3 is 2.70 bits per heavy atom. The number of hydrogen-bond donors (Lipinski definition) is 0. The summed E-state index contributed by atoms with van der Waals surface area (Å²) >= 11 is 5.55. The molecule has 3 heteroatoms. The van der Waals surface area contributed by atoms with Crippen LogP contribution in [0.1, 0.15) is 5.56 Å². The van der Waals surface area contributed by atoms with Gasteiger partial charge in [-0.15, -0.1) is 0 Å². The maximum absolute atomic E-state index is 8.38. The third-order valence-electron chi connectivity index (χ3n) is 1.10. The van der Waals surface area contributed by atoms with Crippen molar-refractivity contribution >= 4 is 17.3 Å². The first-order chi connectivity index (χ1) is 4.74. The minimum Gasteiger partial charge on any atom is -0.299 e. The zero-order chi connectivity index (χ0) is 7.56. The molecule has 1 aromatic carbocycles. The van der Waals surface area contributed by atoms with Gasteiger partial charge in [0.1, 0.15) is 0 Å². The third-order valence-corrected chi connectivity index (χ3v) is 1.41. The molecule has 10 heavy (non-hydrogen) atoms. The highest BCUT2D eigenvalue weighted by Crippen LogP contribution is 2.20. The number of halogens is 1. The fourth-order valence-corrected chi connectivity index (χ4v) is 0.765. The van der Waals surface area contributed by atoms with Gasteiger partial charge in [-0.1, -0.05) is 11.6 Å². The van der Waals surface area contributed by atoms with Crippen LogP contribution in [0.4, 0.5) is 5.69 Å². The summed E-state index contributed by atoms with van der Waals surface area (Å²) in [5.74, 6) is 0. The average molecular weight is 152 g/mol. The first-order valence-corrected chi connectivity index (χ1v) is 3.03. The van der Waals surface area contributed by atoms with Crippen molar-refractivity contribution in [3.63, 3.8) is 0 Å². The predicted octanol–water partition coefficient (Wildman–Crippen LogP) is 2.13. The Balaban J connectivity index is 3.20. The molecule has 0 fully saturated rings. The van der Waals surface area contributed by atoms with Gasteiger partial charge < -0.3 is 0 Å². The van der Waals surface area contributed by atoms with Crippen LogP contribution in [0, 0.1) is 11.3 Å². The molecule has 0 bridgehead atoms. The average Bonchev–Trinajstić information content (AvgIpc) is 1.95. The van der Waals surface area contributed by atoms with Gasteiger partial charge in [0.05, 0.1) is 22.3 Å². The highest BCUT2D eigenvalue weighted by molar-refractivity contribution is 6.32. The molecule has 0 heterocycles. The zero-order valence-corrected chi connectivity index (χ0v) is 5.81. The lowest BCUT2D eigenvalue weighted by molar-refractivity contribution is 1.44. The van der Waals surface area contributed by atoms with Crippen LogP contribution in [0.3, 0.4) is 0 Å². The third kappa shape index (κ3) is 1.20. The molecule has 0 saturated heterocycles. The molecule has 0 aromatic heterocycles. The van der Waals surface area contributed by atoms with Crippen LogP contribution in [-0.4, -0.2) is 0 Å². The lowest BCUT2D eigenvalue weighted by Crippen LogP contribution is -1.75. The summed E-state index contributed by atoms with van der Waals surface area (Å²) in [4.78, 5) is 0. The minimum atomic E-state index is 0.251. The molecule has 0 aliphatic rings. The van der Waals surface area contributed by atoms with E-state index in [0.29, 0.717) is 10.6 Å². The Labute approximate surface area is 63.8 Å². The van der Waals surface area contributed by atoms with Gasteiger partial charge in [-0.25, -0.2) is 0 Å². The Morgan fingerprint density at radius 2 is 2.20 bits per heavy atom. The number of nitrogens with zero attached hydrogens (tertiary/aromatic N) is 1. The second-order valence-corrected chi connectivity index (χ2v) is 2.21. The quantitative estimate of drug-likeness (QED) is 0.560. The molecule has 0 unspecified atom stereocenters. The van der Waals surface area contributed by atoms with Crippen LogP contribution >= 0.6 is 11.6 Å². The number of hydrogen-bond acceptors (Lipinski definition) is 1. The van der Waals surface area contributed by atoms with Gasteiger partial charge in [0.15, 0.2) is 0 Å². The Hall–Kier alpha value is -1.20. The number of rotatable bonds is 0.